The van der Waals surface area contributed by atoms with Crippen LogP contribution in [0.4, 0.5) is 10.1 Å². The first-order chi connectivity index (χ1) is 14.7. The molecule has 0 fully saturated rings. The van der Waals surface area contributed by atoms with Gasteiger partial charge in [0.05, 0.1) is 5.02 Å². The van der Waals surface area contributed by atoms with Crippen LogP contribution in [0.25, 0.3) is 0 Å². The van der Waals surface area contributed by atoms with Crippen LogP contribution in [0.3, 0.4) is 0 Å². The van der Waals surface area contributed by atoms with Crippen molar-refractivity contribution in [3.05, 3.63) is 58.9 Å². The molecule has 0 aromatic heterocycles. The van der Waals surface area contributed by atoms with Gasteiger partial charge in [-0.25, -0.2) is 12.8 Å². The van der Waals surface area contributed by atoms with Crippen molar-refractivity contribution in [2.45, 2.75) is 31.6 Å². The minimum Gasteiger partial charge on any atom is -0.352 e. The van der Waals surface area contributed by atoms with E-state index in [0.29, 0.717) is 30.8 Å². The van der Waals surface area contributed by atoms with Crippen molar-refractivity contribution < 1.29 is 22.4 Å². The van der Waals surface area contributed by atoms with Crippen molar-refractivity contribution in [1.82, 2.24) is 9.62 Å². The SMILES string of the molecule is CCN(CC)S(=O)(=O)c1cc(NC(=O)CCCNC(=O)c2ccc(F)cc2)ccc1Cl. The van der Waals surface area contributed by atoms with Gasteiger partial charge in [-0.3, -0.25) is 9.59 Å². The number of nitrogens with zero attached hydrogens (tertiary/aromatic N) is 1. The lowest BCUT2D eigenvalue weighted by atomic mass is 10.2. The molecular formula is C21H25ClFN3O4S. The van der Waals surface area contributed by atoms with Gasteiger partial charge in [0.25, 0.3) is 5.91 Å². The Morgan fingerprint density at radius 2 is 1.71 bits per heavy atom. The molecule has 0 atom stereocenters. The topological polar surface area (TPSA) is 95.6 Å². The van der Waals surface area contributed by atoms with E-state index in [-0.39, 0.29) is 34.7 Å². The third kappa shape index (κ3) is 6.75. The zero-order valence-electron chi connectivity index (χ0n) is 17.3. The van der Waals surface area contributed by atoms with E-state index < -0.39 is 15.8 Å². The molecule has 0 aliphatic rings. The van der Waals surface area contributed by atoms with Crippen molar-refractivity contribution in [3.63, 3.8) is 0 Å². The molecule has 2 aromatic rings. The molecule has 2 amide bonds. The molecule has 0 aliphatic heterocycles. The highest BCUT2D eigenvalue weighted by molar-refractivity contribution is 7.89. The van der Waals surface area contributed by atoms with Gasteiger partial charge in [-0.1, -0.05) is 25.4 Å². The van der Waals surface area contributed by atoms with E-state index in [4.69, 9.17) is 11.6 Å². The summed E-state index contributed by atoms with van der Waals surface area (Å²) < 4.78 is 39.6. The van der Waals surface area contributed by atoms with E-state index in [0.717, 1.165) is 0 Å². The molecule has 0 saturated carbocycles. The summed E-state index contributed by atoms with van der Waals surface area (Å²) in [5.41, 5.74) is 0.643. The van der Waals surface area contributed by atoms with Crippen LogP contribution in [0.1, 0.15) is 37.0 Å². The molecule has 0 radical (unpaired) electrons. The summed E-state index contributed by atoms with van der Waals surface area (Å²) in [6.45, 7) is 4.32. The first-order valence-electron chi connectivity index (χ1n) is 9.82. The minimum atomic E-state index is -3.77. The maximum absolute atomic E-state index is 12.9. The van der Waals surface area contributed by atoms with E-state index in [1.807, 2.05) is 0 Å². The Balaban J connectivity index is 1.91. The highest BCUT2D eigenvalue weighted by Crippen LogP contribution is 2.27. The number of hydrogen-bond donors (Lipinski definition) is 2. The predicted octanol–water partition coefficient (Wildman–Crippen LogP) is 3.66. The van der Waals surface area contributed by atoms with Gasteiger partial charge in [0, 0.05) is 37.3 Å². The first-order valence-corrected chi connectivity index (χ1v) is 11.6. The van der Waals surface area contributed by atoms with E-state index in [2.05, 4.69) is 10.6 Å². The van der Waals surface area contributed by atoms with E-state index in [9.17, 15) is 22.4 Å². The van der Waals surface area contributed by atoms with Gasteiger partial charge in [-0.05, 0) is 48.9 Å². The normalized spacial score (nSPS) is 11.4. The Kier molecular flexibility index (Phi) is 8.97. The molecule has 10 heteroatoms. The quantitative estimate of drug-likeness (QED) is 0.519. The summed E-state index contributed by atoms with van der Waals surface area (Å²) >= 11 is 6.09. The van der Waals surface area contributed by atoms with Gasteiger partial charge in [0.2, 0.25) is 15.9 Å². The zero-order chi connectivity index (χ0) is 23.0. The second kappa shape index (κ2) is 11.2. The van der Waals surface area contributed by atoms with Gasteiger partial charge >= 0.3 is 0 Å². The van der Waals surface area contributed by atoms with Crippen LogP contribution in [-0.4, -0.2) is 44.2 Å². The summed E-state index contributed by atoms with van der Waals surface area (Å²) in [4.78, 5) is 24.1. The number of carbonyl (C=O) groups is 2. The van der Waals surface area contributed by atoms with Crippen LogP contribution in [0.2, 0.25) is 5.02 Å². The summed E-state index contributed by atoms with van der Waals surface area (Å²) in [7, 11) is -3.77. The largest absolute Gasteiger partial charge is 0.352 e. The monoisotopic (exact) mass is 469 g/mol. The van der Waals surface area contributed by atoms with Gasteiger partial charge in [0.15, 0.2) is 0 Å². The second-order valence-corrected chi connectivity index (χ2v) is 8.96. The Bertz CT molecular complexity index is 1030. The lowest BCUT2D eigenvalue weighted by molar-refractivity contribution is -0.116. The van der Waals surface area contributed by atoms with E-state index in [1.165, 1.54) is 46.8 Å². The minimum absolute atomic E-state index is 0.0674. The Hall–Kier alpha value is -2.49. The average molecular weight is 470 g/mol. The zero-order valence-corrected chi connectivity index (χ0v) is 18.9. The molecule has 0 spiro atoms. The number of anilines is 1. The Morgan fingerprint density at radius 3 is 2.32 bits per heavy atom. The average Bonchev–Trinajstić information content (AvgIpc) is 2.73. The predicted molar refractivity (Wildman–Crippen MR) is 118 cm³/mol. The molecule has 2 N–H and O–H groups in total. The van der Waals surface area contributed by atoms with E-state index in [1.54, 1.807) is 13.8 Å². The van der Waals surface area contributed by atoms with Crippen LogP contribution in [0.5, 0.6) is 0 Å². The second-order valence-electron chi connectivity index (χ2n) is 6.65. The van der Waals surface area contributed by atoms with Crippen LogP contribution in [0, 0.1) is 5.82 Å². The summed E-state index contributed by atoms with van der Waals surface area (Å²) in [5, 5.41) is 5.38. The number of halogens is 2. The lowest BCUT2D eigenvalue weighted by Crippen LogP contribution is -2.31. The van der Waals surface area contributed by atoms with E-state index >= 15 is 0 Å². The maximum atomic E-state index is 12.9. The van der Waals surface area contributed by atoms with Crippen LogP contribution >= 0.6 is 11.6 Å². The fourth-order valence-corrected chi connectivity index (χ4v) is 4.82. The molecule has 7 nitrogen and oxygen atoms in total. The van der Waals surface area contributed by atoms with Crippen LogP contribution < -0.4 is 10.6 Å². The summed E-state index contributed by atoms with van der Waals surface area (Å²) in [6, 6.07) is 9.44. The Morgan fingerprint density at radius 1 is 1.06 bits per heavy atom. The van der Waals surface area contributed by atoms with Crippen molar-refractivity contribution in [1.29, 1.82) is 0 Å². The maximum Gasteiger partial charge on any atom is 0.251 e. The molecule has 2 rings (SSSR count). The number of nitrogens with one attached hydrogen (secondary N) is 2. The number of hydrogen-bond acceptors (Lipinski definition) is 4. The molecule has 168 valence electrons. The fourth-order valence-electron chi connectivity index (χ4n) is 2.86. The third-order valence-corrected chi connectivity index (χ3v) is 7.04. The van der Waals surface area contributed by atoms with Crippen molar-refractivity contribution in [2.24, 2.45) is 0 Å². The van der Waals surface area contributed by atoms with Gasteiger partial charge in [-0.15, -0.1) is 0 Å². The highest BCUT2D eigenvalue weighted by Gasteiger charge is 2.25. The molecule has 0 bridgehead atoms. The number of benzene rings is 2. The summed E-state index contributed by atoms with van der Waals surface area (Å²) in [6.07, 6.45) is 0.488. The number of amides is 2. The van der Waals surface area contributed by atoms with Crippen LogP contribution in [-0.2, 0) is 14.8 Å². The van der Waals surface area contributed by atoms with Crippen LogP contribution in [0.15, 0.2) is 47.4 Å². The van der Waals surface area contributed by atoms with Gasteiger partial charge in [-0.2, -0.15) is 4.31 Å². The van der Waals surface area contributed by atoms with Gasteiger partial charge < -0.3 is 10.6 Å². The molecule has 0 heterocycles. The van der Waals surface area contributed by atoms with Gasteiger partial charge in [0.1, 0.15) is 10.7 Å². The highest BCUT2D eigenvalue weighted by atomic mass is 35.5. The summed E-state index contributed by atoms with van der Waals surface area (Å²) in [5.74, 6) is -1.11. The molecular weight excluding hydrogens is 445 g/mol. The Labute approximate surface area is 186 Å². The third-order valence-electron chi connectivity index (χ3n) is 4.51. The first kappa shape index (κ1) is 24.8. The fraction of sp³-hybridized carbons (Fsp3) is 0.333. The number of carbonyl (C=O) groups excluding carboxylic acids is 2. The van der Waals surface area contributed by atoms with Crippen molar-refractivity contribution in [2.75, 3.05) is 25.0 Å². The smallest absolute Gasteiger partial charge is 0.251 e. The number of rotatable bonds is 10. The van der Waals surface area contributed by atoms with Crippen molar-refractivity contribution in [3.8, 4) is 0 Å². The molecule has 0 aliphatic carbocycles. The standard InChI is InChI=1S/C21H25ClFN3O4S/c1-3-26(4-2)31(29,30)19-14-17(11-12-18(19)22)25-20(27)6-5-13-24-21(28)15-7-9-16(23)10-8-15/h7-12,14H,3-6,13H2,1-2H3,(H,24,28)(H,25,27). The van der Waals surface area contributed by atoms with Crippen molar-refractivity contribution >= 4 is 39.1 Å². The molecule has 2 aromatic carbocycles. The number of sulfonamides is 1. The molecule has 31 heavy (non-hydrogen) atoms. The molecule has 0 unspecified atom stereocenters. The molecule has 0 saturated heterocycles. The lowest BCUT2D eigenvalue weighted by Gasteiger charge is -2.19.